The minimum Gasteiger partial charge on any atom is -0.480 e. The number of urea groups is 1. The van der Waals surface area contributed by atoms with Crippen molar-refractivity contribution in [3.8, 4) is 0 Å². The number of rotatable bonds is 7. The smallest absolute Gasteiger partial charge is 0.326 e. The Hall–Kier alpha value is -1.70. The Balaban J connectivity index is 2.37. The zero-order valence-corrected chi connectivity index (χ0v) is 11.6. The summed E-state index contributed by atoms with van der Waals surface area (Å²) in [5, 5.41) is 17.6. The van der Waals surface area contributed by atoms with Crippen LogP contribution in [0.15, 0.2) is 10.6 Å². The summed E-state index contributed by atoms with van der Waals surface area (Å²) in [5.41, 5.74) is 0.587. The lowest BCUT2D eigenvalue weighted by Crippen LogP contribution is -2.46. The van der Waals surface area contributed by atoms with Gasteiger partial charge in [-0.1, -0.05) is 5.16 Å². The van der Waals surface area contributed by atoms with Crippen LogP contribution in [0.25, 0.3) is 0 Å². The number of aromatic nitrogens is 1. The lowest BCUT2D eigenvalue weighted by molar-refractivity contribution is -0.139. The lowest BCUT2D eigenvalue weighted by atomic mass is 10.2. The third-order valence-electron chi connectivity index (χ3n) is 2.32. The summed E-state index contributed by atoms with van der Waals surface area (Å²) >= 11 is 1.53. The molecule has 0 spiro atoms. The monoisotopic (exact) mass is 287 g/mol. The van der Waals surface area contributed by atoms with Gasteiger partial charge in [0.05, 0.1) is 6.54 Å². The third-order valence-corrected chi connectivity index (χ3v) is 2.96. The maximum Gasteiger partial charge on any atom is 0.326 e. The molecule has 0 aliphatic heterocycles. The van der Waals surface area contributed by atoms with E-state index < -0.39 is 18.0 Å². The Labute approximate surface area is 115 Å². The number of hydrogen-bond donors (Lipinski definition) is 3. The van der Waals surface area contributed by atoms with Crippen LogP contribution in [0.5, 0.6) is 0 Å². The number of aryl methyl sites for hydroxylation is 1. The minimum atomic E-state index is -1.04. The van der Waals surface area contributed by atoms with E-state index in [2.05, 4.69) is 15.8 Å². The average Bonchev–Trinajstić information content (AvgIpc) is 2.77. The molecule has 1 aromatic heterocycles. The van der Waals surface area contributed by atoms with Crippen LogP contribution in [-0.2, 0) is 11.3 Å². The number of amides is 2. The van der Waals surface area contributed by atoms with E-state index in [9.17, 15) is 9.59 Å². The summed E-state index contributed by atoms with van der Waals surface area (Å²) in [6, 6.07) is 0.281. The van der Waals surface area contributed by atoms with Gasteiger partial charge in [-0.15, -0.1) is 0 Å². The molecule has 1 aromatic rings. The van der Waals surface area contributed by atoms with Gasteiger partial charge in [0, 0.05) is 6.07 Å². The first-order valence-corrected chi connectivity index (χ1v) is 7.10. The number of hydrogen-bond acceptors (Lipinski definition) is 5. The summed E-state index contributed by atoms with van der Waals surface area (Å²) in [6.45, 7) is 1.94. The highest BCUT2D eigenvalue weighted by atomic mass is 32.2. The van der Waals surface area contributed by atoms with E-state index in [-0.39, 0.29) is 6.54 Å². The molecule has 3 N–H and O–H groups in total. The number of carbonyl (C=O) groups is 2. The second-order valence-corrected chi connectivity index (χ2v) is 4.91. The molecule has 0 aromatic carbocycles. The molecule has 106 valence electrons. The highest BCUT2D eigenvalue weighted by Gasteiger charge is 2.19. The lowest BCUT2D eigenvalue weighted by Gasteiger charge is -2.14. The van der Waals surface area contributed by atoms with Crippen molar-refractivity contribution in [2.75, 3.05) is 12.0 Å². The van der Waals surface area contributed by atoms with Crippen LogP contribution in [0, 0.1) is 6.92 Å². The summed E-state index contributed by atoms with van der Waals surface area (Å²) in [7, 11) is 0. The van der Waals surface area contributed by atoms with Gasteiger partial charge in [-0.2, -0.15) is 11.8 Å². The fourth-order valence-electron chi connectivity index (χ4n) is 1.37. The van der Waals surface area contributed by atoms with Crippen LogP contribution in [-0.4, -0.2) is 40.3 Å². The first kappa shape index (κ1) is 15.4. The molecule has 1 rings (SSSR count). The van der Waals surface area contributed by atoms with Gasteiger partial charge in [-0.25, -0.2) is 9.59 Å². The molecular formula is C11H17N3O4S. The van der Waals surface area contributed by atoms with Crippen molar-refractivity contribution >= 4 is 23.8 Å². The van der Waals surface area contributed by atoms with Gasteiger partial charge in [0.25, 0.3) is 0 Å². The molecule has 1 unspecified atom stereocenters. The SMILES string of the molecule is CSCCC(NC(=O)NCc1cc(C)on1)C(=O)O. The van der Waals surface area contributed by atoms with Crippen molar-refractivity contribution in [3.05, 3.63) is 17.5 Å². The largest absolute Gasteiger partial charge is 0.480 e. The Bertz CT molecular complexity index is 435. The summed E-state index contributed by atoms with van der Waals surface area (Å²) < 4.78 is 4.85. The maximum atomic E-state index is 11.6. The van der Waals surface area contributed by atoms with E-state index in [0.29, 0.717) is 23.6 Å². The molecule has 0 aliphatic carbocycles. The molecule has 2 amide bonds. The van der Waals surface area contributed by atoms with Crippen LogP contribution in [0.3, 0.4) is 0 Å². The van der Waals surface area contributed by atoms with Crippen molar-refractivity contribution in [3.63, 3.8) is 0 Å². The van der Waals surface area contributed by atoms with Gasteiger partial charge in [0.1, 0.15) is 17.5 Å². The summed E-state index contributed by atoms with van der Waals surface area (Å²) in [5.74, 6) is 0.279. The first-order valence-electron chi connectivity index (χ1n) is 5.71. The second-order valence-electron chi connectivity index (χ2n) is 3.93. The summed E-state index contributed by atoms with van der Waals surface area (Å²) in [6.07, 6.45) is 2.26. The predicted molar refractivity (Wildman–Crippen MR) is 71.0 cm³/mol. The standard InChI is InChI=1S/C11H17N3O4S/c1-7-5-8(14-18-7)6-12-11(17)13-9(10(15)16)3-4-19-2/h5,9H,3-4,6H2,1-2H3,(H,15,16)(H2,12,13,17). The number of aliphatic carboxylic acids is 1. The van der Waals surface area contributed by atoms with E-state index in [4.69, 9.17) is 9.63 Å². The van der Waals surface area contributed by atoms with Crippen LogP contribution < -0.4 is 10.6 Å². The van der Waals surface area contributed by atoms with Crippen LogP contribution in [0.4, 0.5) is 4.79 Å². The number of nitrogens with one attached hydrogen (secondary N) is 2. The fraction of sp³-hybridized carbons (Fsp3) is 0.545. The maximum absolute atomic E-state index is 11.6. The zero-order chi connectivity index (χ0) is 14.3. The van der Waals surface area contributed by atoms with Crippen molar-refractivity contribution in [2.45, 2.75) is 25.9 Å². The van der Waals surface area contributed by atoms with E-state index in [1.807, 2.05) is 6.26 Å². The average molecular weight is 287 g/mol. The number of nitrogens with zero attached hydrogens (tertiary/aromatic N) is 1. The Morgan fingerprint density at radius 1 is 1.58 bits per heavy atom. The minimum absolute atomic E-state index is 0.193. The van der Waals surface area contributed by atoms with E-state index >= 15 is 0 Å². The molecule has 19 heavy (non-hydrogen) atoms. The van der Waals surface area contributed by atoms with Crippen molar-refractivity contribution in [1.82, 2.24) is 15.8 Å². The zero-order valence-electron chi connectivity index (χ0n) is 10.8. The molecule has 8 heteroatoms. The quantitative estimate of drug-likeness (QED) is 0.690. The first-order chi connectivity index (χ1) is 9.02. The Kier molecular flexibility index (Phi) is 6.20. The van der Waals surface area contributed by atoms with Gasteiger partial charge in [0.2, 0.25) is 0 Å². The van der Waals surface area contributed by atoms with Gasteiger partial charge < -0.3 is 20.3 Å². The molecule has 0 radical (unpaired) electrons. The molecule has 7 nitrogen and oxygen atoms in total. The summed E-state index contributed by atoms with van der Waals surface area (Å²) in [4.78, 5) is 22.5. The third kappa shape index (κ3) is 5.64. The van der Waals surface area contributed by atoms with Crippen molar-refractivity contribution in [2.24, 2.45) is 0 Å². The predicted octanol–water partition coefficient (Wildman–Crippen LogP) is 0.989. The van der Waals surface area contributed by atoms with Crippen molar-refractivity contribution in [1.29, 1.82) is 0 Å². The second kappa shape index (κ2) is 7.67. The van der Waals surface area contributed by atoms with Crippen LogP contribution in [0.2, 0.25) is 0 Å². The highest BCUT2D eigenvalue weighted by Crippen LogP contribution is 2.02. The van der Waals surface area contributed by atoms with Gasteiger partial charge in [-0.05, 0) is 25.4 Å². The fourth-order valence-corrected chi connectivity index (χ4v) is 1.85. The van der Waals surface area contributed by atoms with E-state index in [1.54, 1.807) is 13.0 Å². The number of thioether (sulfide) groups is 1. The van der Waals surface area contributed by atoms with Gasteiger partial charge in [0.15, 0.2) is 0 Å². The van der Waals surface area contributed by atoms with Crippen molar-refractivity contribution < 1.29 is 19.2 Å². The number of carbonyl (C=O) groups excluding carboxylic acids is 1. The normalized spacial score (nSPS) is 11.9. The Morgan fingerprint density at radius 3 is 2.84 bits per heavy atom. The molecule has 0 bridgehead atoms. The molecule has 1 heterocycles. The van der Waals surface area contributed by atoms with Crippen LogP contribution in [0.1, 0.15) is 17.9 Å². The van der Waals surface area contributed by atoms with Gasteiger partial charge >= 0.3 is 12.0 Å². The molecule has 0 fully saturated rings. The molecule has 0 saturated carbocycles. The Morgan fingerprint density at radius 2 is 2.32 bits per heavy atom. The number of carboxylic acid groups (broad SMARTS) is 1. The highest BCUT2D eigenvalue weighted by molar-refractivity contribution is 7.98. The number of carboxylic acids is 1. The van der Waals surface area contributed by atoms with Gasteiger partial charge in [-0.3, -0.25) is 0 Å². The molecule has 0 saturated heterocycles. The topological polar surface area (TPSA) is 104 Å². The molecule has 0 aliphatic rings. The van der Waals surface area contributed by atoms with E-state index in [1.165, 1.54) is 11.8 Å². The van der Waals surface area contributed by atoms with E-state index in [0.717, 1.165) is 0 Å². The van der Waals surface area contributed by atoms with Crippen LogP contribution >= 0.6 is 11.8 Å². The molecular weight excluding hydrogens is 270 g/mol. The molecule has 1 atom stereocenters.